The highest BCUT2D eigenvalue weighted by atomic mass is 35.5. The Bertz CT molecular complexity index is 437. The number of anilines is 1. The van der Waals surface area contributed by atoms with Crippen LogP contribution < -0.4 is 10.6 Å². The van der Waals surface area contributed by atoms with Crippen LogP contribution in [0.3, 0.4) is 0 Å². The molecule has 0 bridgehead atoms. The lowest BCUT2D eigenvalue weighted by Crippen LogP contribution is -2.35. The minimum atomic E-state index is 0.0341. The molecule has 1 aromatic carbocycles. The Morgan fingerprint density at radius 2 is 1.95 bits per heavy atom. The average molecular weight is 295 g/mol. The van der Waals surface area contributed by atoms with Crippen LogP contribution in [0.4, 0.5) is 5.69 Å². The minimum absolute atomic E-state index is 0.0341. The molecular weight excluding hydrogens is 268 g/mol. The third-order valence-corrected chi connectivity index (χ3v) is 5.12. The summed E-state index contributed by atoms with van der Waals surface area (Å²) in [5, 5.41) is 0.819. The fourth-order valence-electron chi connectivity index (χ4n) is 3.23. The fourth-order valence-corrected chi connectivity index (χ4v) is 3.55. The number of benzene rings is 1. The third kappa shape index (κ3) is 3.48. The molecule has 1 fully saturated rings. The summed E-state index contributed by atoms with van der Waals surface area (Å²) in [5.74, 6) is 0.926. The molecule has 20 heavy (non-hydrogen) atoms. The highest BCUT2D eigenvalue weighted by Gasteiger charge is 2.24. The molecule has 1 aliphatic rings. The zero-order chi connectivity index (χ0) is 14.7. The average Bonchev–Trinajstić information content (AvgIpc) is 2.46. The van der Waals surface area contributed by atoms with E-state index in [1.807, 2.05) is 13.0 Å². The van der Waals surface area contributed by atoms with Crippen LogP contribution in [-0.4, -0.2) is 13.1 Å². The summed E-state index contributed by atoms with van der Waals surface area (Å²) in [6.45, 7) is 4.29. The number of hydrogen-bond donors (Lipinski definition) is 1. The molecule has 0 heterocycles. The van der Waals surface area contributed by atoms with Crippen molar-refractivity contribution in [2.45, 2.75) is 58.0 Å². The normalized spacial score (nSPS) is 24.4. The van der Waals surface area contributed by atoms with Crippen molar-refractivity contribution in [3.8, 4) is 0 Å². The number of nitrogens with zero attached hydrogens (tertiary/aromatic N) is 1. The Hall–Kier alpha value is -0.730. The SMILES string of the molecule is CCC1CCC(N(C)c2ccc([C@H](C)N)cc2Cl)CC1. The molecule has 1 aromatic rings. The molecule has 0 spiro atoms. The highest BCUT2D eigenvalue weighted by Crippen LogP contribution is 2.34. The summed E-state index contributed by atoms with van der Waals surface area (Å²) in [4.78, 5) is 2.36. The molecule has 1 aliphatic carbocycles. The van der Waals surface area contributed by atoms with E-state index in [1.165, 1.54) is 32.1 Å². The maximum atomic E-state index is 6.45. The van der Waals surface area contributed by atoms with Gasteiger partial charge < -0.3 is 10.6 Å². The predicted molar refractivity (Wildman–Crippen MR) is 88.5 cm³/mol. The van der Waals surface area contributed by atoms with E-state index in [2.05, 4.69) is 31.0 Å². The summed E-state index contributed by atoms with van der Waals surface area (Å²) < 4.78 is 0. The second-order valence-corrected chi connectivity index (χ2v) is 6.60. The first-order chi connectivity index (χ1) is 9.52. The fraction of sp³-hybridized carbons (Fsp3) is 0.647. The lowest BCUT2D eigenvalue weighted by Gasteiger charge is -2.36. The van der Waals surface area contributed by atoms with Gasteiger partial charge in [0, 0.05) is 19.1 Å². The van der Waals surface area contributed by atoms with Crippen LogP contribution in [0.5, 0.6) is 0 Å². The second-order valence-electron chi connectivity index (χ2n) is 6.19. The first kappa shape index (κ1) is 15.7. The summed E-state index contributed by atoms with van der Waals surface area (Å²) >= 11 is 6.45. The van der Waals surface area contributed by atoms with E-state index in [0.717, 1.165) is 22.2 Å². The number of rotatable bonds is 4. The van der Waals surface area contributed by atoms with E-state index >= 15 is 0 Å². The molecule has 112 valence electrons. The zero-order valence-corrected chi connectivity index (χ0v) is 13.7. The molecule has 0 radical (unpaired) electrons. The maximum absolute atomic E-state index is 6.45. The van der Waals surface area contributed by atoms with Gasteiger partial charge in [-0.05, 0) is 56.2 Å². The number of nitrogens with two attached hydrogens (primary N) is 1. The molecule has 0 aliphatic heterocycles. The first-order valence-corrected chi connectivity index (χ1v) is 8.18. The van der Waals surface area contributed by atoms with Gasteiger partial charge >= 0.3 is 0 Å². The first-order valence-electron chi connectivity index (χ1n) is 7.80. The van der Waals surface area contributed by atoms with Crippen molar-refractivity contribution in [2.24, 2.45) is 11.7 Å². The van der Waals surface area contributed by atoms with Gasteiger partial charge in [0.25, 0.3) is 0 Å². The third-order valence-electron chi connectivity index (χ3n) is 4.82. The number of halogens is 1. The molecule has 0 amide bonds. The van der Waals surface area contributed by atoms with Crippen LogP contribution in [0.15, 0.2) is 18.2 Å². The van der Waals surface area contributed by atoms with Gasteiger partial charge in [0.2, 0.25) is 0 Å². The molecule has 1 saturated carbocycles. The molecule has 1 atom stereocenters. The van der Waals surface area contributed by atoms with E-state index in [9.17, 15) is 0 Å². The van der Waals surface area contributed by atoms with Crippen LogP contribution in [0, 0.1) is 5.92 Å². The highest BCUT2D eigenvalue weighted by molar-refractivity contribution is 6.33. The molecule has 2 rings (SSSR count). The Labute approximate surface area is 128 Å². The van der Waals surface area contributed by atoms with Gasteiger partial charge in [-0.1, -0.05) is 31.0 Å². The van der Waals surface area contributed by atoms with E-state index in [1.54, 1.807) is 0 Å². The lowest BCUT2D eigenvalue weighted by molar-refractivity contribution is 0.313. The van der Waals surface area contributed by atoms with Crippen molar-refractivity contribution >= 4 is 17.3 Å². The van der Waals surface area contributed by atoms with Crippen molar-refractivity contribution in [3.63, 3.8) is 0 Å². The lowest BCUT2D eigenvalue weighted by atomic mass is 9.84. The van der Waals surface area contributed by atoms with E-state index in [0.29, 0.717) is 6.04 Å². The predicted octanol–water partition coefficient (Wildman–Crippen LogP) is 4.76. The molecule has 3 heteroatoms. The summed E-state index contributed by atoms with van der Waals surface area (Å²) in [6.07, 6.45) is 6.57. The molecule has 0 unspecified atom stereocenters. The monoisotopic (exact) mass is 294 g/mol. The maximum Gasteiger partial charge on any atom is 0.0642 e. The quantitative estimate of drug-likeness (QED) is 0.867. The van der Waals surface area contributed by atoms with Crippen LogP contribution in [-0.2, 0) is 0 Å². The van der Waals surface area contributed by atoms with Crippen molar-refractivity contribution in [2.75, 3.05) is 11.9 Å². The Balaban J connectivity index is 2.07. The van der Waals surface area contributed by atoms with Gasteiger partial charge in [-0.25, -0.2) is 0 Å². The van der Waals surface area contributed by atoms with Crippen LogP contribution in [0.1, 0.15) is 57.6 Å². The minimum Gasteiger partial charge on any atom is -0.370 e. The molecular formula is C17H27ClN2. The van der Waals surface area contributed by atoms with Crippen LogP contribution in [0.25, 0.3) is 0 Å². The van der Waals surface area contributed by atoms with Crippen molar-refractivity contribution in [1.82, 2.24) is 0 Å². The summed E-state index contributed by atoms with van der Waals surface area (Å²) in [7, 11) is 2.17. The topological polar surface area (TPSA) is 29.3 Å². The van der Waals surface area contributed by atoms with Crippen LogP contribution >= 0.6 is 11.6 Å². The summed E-state index contributed by atoms with van der Waals surface area (Å²) in [5.41, 5.74) is 8.14. The second kappa shape index (κ2) is 6.82. The van der Waals surface area contributed by atoms with Gasteiger partial charge in [0.15, 0.2) is 0 Å². The molecule has 2 nitrogen and oxygen atoms in total. The summed E-state index contributed by atoms with van der Waals surface area (Å²) in [6, 6.07) is 6.88. The molecule has 0 saturated heterocycles. The van der Waals surface area contributed by atoms with Crippen molar-refractivity contribution in [3.05, 3.63) is 28.8 Å². The largest absolute Gasteiger partial charge is 0.370 e. The van der Waals surface area contributed by atoms with E-state index in [-0.39, 0.29) is 6.04 Å². The van der Waals surface area contributed by atoms with Crippen molar-refractivity contribution in [1.29, 1.82) is 0 Å². The number of hydrogen-bond acceptors (Lipinski definition) is 2. The zero-order valence-electron chi connectivity index (χ0n) is 12.9. The Kier molecular flexibility index (Phi) is 5.34. The van der Waals surface area contributed by atoms with Gasteiger partial charge in [-0.2, -0.15) is 0 Å². The van der Waals surface area contributed by atoms with Gasteiger partial charge in [-0.3, -0.25) is 0 Å². The smallest absolute Gasteiger partial charge is 0.0642 e. The molecule has 2 N–H and O–H groups in total. The Morgan fingerprint density at radius 3 is 2.45 bits per heavy atom. The van der Waals surface area contributed by atoms with Gasteiger partial charge in [0.05, 0.1) is 10.7 Å². The molecule has 0 aromatic heterocycles. The van der Waals surface area contributed by atoms with E-state index < -0.39 is 0 Å². The van der Waals surface area contributed by atoms with Gasteiger partial charge in [0.1, 0.15) is 0 Å². The van der Waals surface area contributed by atoms with E-state index in [4.69, 9.17) is 17.3 Å². The van der Waals surface area contributed by atoms with Crippen molar-refractivity contribution < 1.29 is 0 Å². The standard InChI is InChI=1S/C17H27ClN2/c1-4-13-5-8-15(9-6-13)20(3)17-10-7-14(12(2)19)11-16(17)18/h7,10-13,15H,4-6,8-9,19H2,1-3H3/t12-,13?,15?/m0/s1. The van der Waals surface area contributed by atoms with Gasteiger partial charge in [-0.15, -0.1) is 0 Å². The van der Waals surface area contributed by atoms with Crippen LogP contribution in [0.2, 0.25) is 5.02 Å². The Morgan fingerprint density at radius 1 is 1.30 bits per heavy atom.